The molecule has 1 heterocycles. The molecule has 0 aliphatic heterocycles. The SMILES string of the molecule is NNc1ccc(NCC23CC4CC(CC(C4)C2)C3)nc1. The predicted octanol–water partition coefficient (Wildman–Crippen LogP) is 3.00. The summed E-state index contributed by atoms with van der Waals surface area (Å²) >= 11 is 0. The van der Waals surface area contributed by atoms with Crippen molar-refractivity contribution in [1.82, 2.24) is 4.98 Å². The van der Waals surface area contributed by atoms with Crippen LogP contribution < -0.4 is 16.6 Å². The molecule has 4 nitrogen and oxygen atoms in total. The Balaban J connectivity index is 1.43. The van der Waals surface area contributed by atoms with Crippen molar-refractivity contribution in [3.05, 3.63) is 18.3 Å². The van der Waals surface area contributed by atoms with Crippen molar-refractivity contribution in [2.24, 2.45) is 29.0 Å². The van der Waals surface area contributed by atoms with E-state index in [0.717, 1.165) is 35.8 Å². The zero-order valence-corrected chi connectivity index (χ0v) is 11.9. The Morgan fingerprint density at radius 3 is 2.25 bits per heavy atom. The lowest BCUT2D eigenvalue weighted by Crippen LogP contribution is -2.49. The smallest absolute Gasteiger partial charge is 0.126 e. The van der Waals surface area contributed by atoms with E-state index in [1.54, 1.807) is 6.20 Å². The molecule has 5 rings (SSSR count). The molecule has 4 bridgehead atoms. The molecule has 0 spiro atoms. The third-order valence-corrected chi connectivity index (χ3v) is 5.74. The number of hydrazine groups is 1. The topological polar surface area (TPSA) is 63.0 Å². The second-order valence-corrected chi connectivity index (χ2v) is 7.35. The summed E-state index contributed by atoms with van der Waals surface area (Å²) in [6.45, 7) is 1.10. The predicted molar refractivity (Wildman–Crippen MR) is 81.1 cm³/mol. The lowest BCUT2D eigenvalue weighted by atomic mass is 9.49. The van der Waals surface area contributed by atoms with Crippen molar-refractivity contribution in [1.29, 1.82) is 0 Å². The van der Waals surface area contributed by atoms with Crippen molar-refractivity contribution in [2.45, 2.75) is 38.5 Å². The van der Waals surface area contributed by atoms with Gasteiger partial charge in [0.05, 0.1) is 11.9 Å². The van der Waals surface area contributed by atoms with Crippen LogP contribution in [-0.4, -0.2) is 11.5 Å². The van der Waals surface area contributed by atoms with E-state index in [1.807, 2.05) is 12.1 Å². The van der Waals surface area contributed by atoms with Crippen molar-refractivity contribution >= 4 is 11.5 Å². The molecule has 4 aliphatic carbocycles. The fourth-order valence-electron chi connectivity index (χ4n) is 5.37. The molecule has 4 aliphatic rings. The fourth-order valence-corrected chi connectivity index (χ4v) is 5.37. The minimum absolute atomic E-state index is 0.557. The molecule has 0 radical (unpaired) electrons. The Morgan fingerprint density at radius 2 is 1.75 bits per heavy atom. The number of rotatable bonds is 4. The van der Waals surface area contributed by atoms with Crippen LogP contribution in [0.15, 0.2) is 18.3 Å². The lowest BCUT2D eigenvalue weighted by Gasteiger charge is -2.57. The summed E-state index contributed by atoms with van der Waals surface area (Å²) < 4.78 is 0. The van der Waals surface area contributed by atoms with Crippen LogP contribution in [0.4, 0.5) is 11.5 Å². The number of nitrogen functional groups attached to an aromatic ring is 1. The minimum atomic E-state index is 0.557. The van der Waals surface area contributed by atoms with Crippen molar-refractivity contribution in [2.75, 3.05) is 17.3 Å². The Bertz CT molecular complexity index is 446. The van der Waals surface area contributed by atoms with Crippen LogP contribution in [0.1, 0.15) is 38.5 Å². The van der Waals surface area contributed by atoms with Gasteiger partial charge in [0, 0.05) is 6.54 Å². The van der Waals surface area contributed by atoms with E-state index in [-0.39, 0.29) is 0 Å². The van der Waals surface area contributed by atoms with Crippen LogP contribution in [0, 0.1) is 23.2 Å². The first kappa shape index (κ1) is 12.5. The van der Waals surface area contributed by atoms with Crippen molar-refractivity contribution in [3.63, 3.8) is 0 Å². The van der Waals surface area contributed by atoms with Crippen LogP contribution in [0.3, 0.4) is 0 Å². The summed E-state index contributed by atoms with van der Waals surface area (Å²) in [5.41, 5.74) is 4.02. The van der Waals surface area contributed by atoms with E-state index in [9.17, 15) is 0 Å². The highest BCUT2D eigenvalue weighted by Gasteiger charge is 2.50. The summed E-state index contributed by atoms with van der Waals surface area (Å²) in [6.07, 6.45) is 10.6. The minimum Gasteiger partial charge on any atom is -0.370 e. The van der Waals surface area contributed by atoms with Gasteiger partial charge in [0.2, 0.25) is 0 Å². The van der Waals surface area contributed by atoms with E-state index in [1.165, 1.54) is 38.5 Å². The van der Waals surface area contributed by atoms with E-state index < -0.39 is 0 Å². The molecule has 4 fully saturated rings. The summed E-state index contributed by atoms with van der Waals surface area (Å²) in [5.74, 6) is 9.38. The van der Waals surface area contributed by atoms with Gasteiger partial charge in [0.15, 0.2) is 0 Å². The molecule has 4 heteroatoms. The molecular formula is C16H24N4. The highest BCUT2D eigenvalue weighted by molar-refractivity contribution is 5.46. The third kappa shape index (κ3) is 2.16. The van der Waals surface area contributed by atoms with Gasteiger partial charge in [-0.1, -0.05) is 0 Å². The summed E-state index contributed by atoms with van der Waals surface area (Å²) in [7, 11) is 0. The highest BCUT2D eigenvalue weighted by Crippen LogP contribution is 2.59. The van der Waals surface area contributed by atoms with Gasteiger partial charge >= 0.3 is 0 Å². The number of hydrogen-bond donors (Lipinski definition) is 3. The average Bonchev–Trinajstić information content (AvgIpc) is 2.44. The number of nitrogens with one attached hydrogen (secondary N) is 2. The molecule has 4 N–H and O–H groups in total. The zero-order valence-electron chi connectivity index (χ0n) is 11.9. The van der Waals surface area contributed by atoms with E-state index in [2.05, 4.69) is 15.7 Å². The van der Waals surface area contributed by atoms with Gasteiger partial charge in [-0.15, -0.1) is 0 Å². The molecule has 0 saturated heterocycles. The highest BCUT2D eigenvalue weighted by atomic mass is 15.2. The molecule has 0 unspecified atom stereocenters. The van der Waals surface area contributed by atoms with Crippen molar-refractivity contribution < 1.29 is 0 Å². The van der Waals surface area contributed by atoms with E-state index in [0.29, 0.717) is 5.41 Å². The molecule has 4 saturated carbocycles. The quantitative estimate of drug-likeness (QED) is 0.582. The van der Waals surface area contributed by atoms with Gasteiger partial charge in [-0.05, 0) is 73.8 Å². The molecule has 0 amide bonds. The molecular weight excluding hydrogens is 248 g/mol. The molecule has 1 aromatic heterocycles. The van der Waals surface area contributed by atoms with Crippen LogP contribution in [-0.2, 0) is 0 Å². The largest absolute Gasteiger partial charge is 0.370 e. The zero-order chi connectivity index (χ0) is 13.6. The van der Waals surface area contributed by atoms with Crippen LogP contribution >= 0.6 is 0 Å². The summed E-state index contributed by atoms with van der Waals surface area (Å²) in [5, 5.41) is 3.57. The monoisotopic (exact) mass is 272 g/mol. The number of anilines is 2. The number of nitrogens with two attached hydrogens (primary N) is 1. The van der Waals surface area contributed by atoms with Gasteiger partial charge in [0.25, 0.3) is 0 Å². The maximum Gasteiger partial charge on any atom is 0.126 e. The standard InChI is InChI=1S/C16H24N4/c17-20-14-1-2-15(18-9-14)19-10-16-6-11-3-12(7-16)5-13(4-11)8-16/h1-2,9,11-13,20H,3-8,10,17H2,(H,18,19). The number of pyridine rings is 1. The second kappa shape index (κ2) is 4.62. The first-order valence-electron chi connectivity index (χ1n) is 7.91. The van der Waals surface area contributed by atoms with Crippen LogP contribution in [0.2, 0.25) is 0 Å². The molecule has 0 aromatic carbocycles. The van der Waals surface area contributed by atoms with E-state index in [4.69, 9.17) is 5.84 Å². The number of hydrogen-bond acceptors (Lipinski definition) is 4. The van der Waals surface area contributed by atoms with Gasteiger partial charge in [-0.25, -0.2) is 4.98 Å². The first-order valence-corrected chi connectivity index (χ1v) is 7.91. The van der Waals surface area contributed by atoms with Gasteiger partial charge in [-0.3, -0.25) is 5.84 Å². The van der Waals surface area contributed by atoms with Gasteiger partial charge in [-0.2, -0.15) is 0 Å². The normalized spacial score (nSPS) is 38.0. The van der Waals surface area contributed by atoms with Crippen molar-refractivity contribution in [3.8, 4) is 0 Å². The second-order valence-electron chi connectivity index (χ2n) is 7.35. The van der Waals surface area contributed by atoms with Gasteiger partial charge in [0.1, 0.15) is 5.82 Å². The summed E-state index contributed by atoms with van der Waals surface area (Å²) in [6, 6.07) is 3.98. The number of aromatic nitrogens is 1. The van der Waals surface area contributed by atoms with Crippen LogP contribution in [0.25, 0.3) is 0 Å². The lowest BCUT2D eigenvalue weighted by molar-refractivity contribution is -0.0444. The van der Waals surface area contributed by atoms with Gasteiger partial charge < -0.3 is 10.7 Å². The Morgan fingerprint density at radius 1 is 1.10 bits per heavy atom. The summed E-state index contributed by atoms with van der Waals surface area (Å²) in [4.78, 5) is 4.41. The Kier molecular flexibility index (Phi) is 2.88. The third-order valence-electron chi connectivity index (χ3n) is 5.74. The average molecular weight is 272 g/mol. The fraction of sp³-hybridized carbons (Fsp3) is 0.688. The number of nitrogens with zero attached hydrogens (tertiary/aromatic N) is 1. The molecule has 108 valence electrons. The molecule has 1 aromatic rings. The maximum absolute atomic E-state index is 5.37. The molecule has 20 heavy (non-hydrogen) atoms. The van der Waals surface area contributed by atoms with Crippen LogP contribution in [0.5, 0.6) is 0 Å². The first-order chi connectivity index (χ1) is 9.75. The maximum atomic E-state index is 5.37. The van der Waals surface area contributed by atoms with E-state index >= 15 is 0 Å². The molecule has 0 atom stereocenters. The Labute approximate surface area is 120 Å². The Hall–Kier alpha value is -1.29.